The van der Waals surface area contributed by atoms with E-state index < -0.39 is 42.2 Å². The molecule has 0 aromatic rings. The highest BCUT2D eigenvalue weighted by Crippen LogP contribution is 2.42. The Hall–Kier alpha value is -1.79. The lowest BCUT2D eigenvalue weighted by atomic mass is 9.77. The number of likely N-dealkylation sites (tertiary alicyclic amines) is 2. The molecule has 44 heavy (non-hydrogen) atoms. The molecule has 5 atom stereocenters. The van der Waals surface area contributed by atoms with Crippen LogP contribution in [-0.4, -0.2) is 111 Å². The molecule has 254 valence electrons. The zero-order valence-electron chi connectivity index (χ0n) is 27.9. The Bertz CT molecular complexity index is 879. The van der Waals surface area contributed by atoms with Crippen molar-refractivity contribution < 1.29 is 42.8 Å². The molecular weight excluding hydrogens is 568 g/mol. The van der Waals surface area contributed by atoms with Crippen LogP contribution in [-0.2, 0) is 38.0 Å². The van der Waals surface area contributed by atoms with E-state index in [-0.39, 0.29) is 24.8 Å². The van der Waals surface area contributed by atoms with E-state index in [2.05, 4.69) is 27.7 Å². The minimum atomic E-state index is -0.701. The molecule has 0 aromatic carbocycles. The number of imide groups is 1. The van der Waals surface area contributed by atoms with Crippen LogP contribution in [0.3, 0.4) is 0 Å². The molecule has 3 fully saturated rings. The summed E-state index contributed by atoms with van der Waals surface area (Å²) in [6.45, 7) is 13.5. The quantitative estimate of drug-likeness (QED) is 0.143. The van der Waals surface area contributed by atoms with Crippen LogP contribution in [0.25, 0.3) is 0 Å². The lowest BCUT2D eigenvalue weighted by Gasteiger charge is -2.46. The van der Waals surface area contributed by atoms with Crippen LogP contribution in [0.5, 0.6) is 0 Å². The summed E-state index contributed by atoms with van der Waals surface area (Å²) >= 11 is 0. The summed E-state index contributed by atoms with van der Waals surface area (Å²) in [4.78, 5) is 41.5. The van der Waals surface area contributed by atoms with Gasteiger partial charge in [0.25, 0.3) is 0 Å². The zero-order chi connectivity index (χ0) is 32.0. The molecule has 0 radical (unpaired) electrons. The molecule has 0 bridgehead atoms. The van der Waals surface area contributed by atoms with Crippen molar-refractivity contribution in [2.75, 3.05) is 52.7 Å². The predicted octanol–water partition coefficient (Wildman–Crippen LogP) is 5.08. The Kier molecular flexibility index (Phi) is 15.8. The van der Waals surface area contributed by atoms with Crippen LogP contribution < -0.4 is 0 Å². The summed E-state index contributed by atoms with van der Waals surface area (Å²) in [5, 5.41) is 0. The molecule has 3 heterocycles. The molecule has 3 amide bonds. The lowest BCUT2D eigenvalue weighted by Crippen LogP contribution is -2.62. The van der Waals surface area contributed by atoms with Gasteiger partial charge in [-0.1, -0.05) is 53.4 Å². The number of ether oxygens (including phenoxy) is 6. The van der Waals surface area contributed by atoms with Gasteiger partial charge in [-0.15, -0.1) is 0 Å². The highest BCUT2D eigenvalue weighted by Gasteiger charge is 2.53. The van der Waals surface area contributed by atoms with E-state index in [9.17, 15) is 14.4 Å². The maximum absolute atomic E-state index is 13.3. The van der Waals surface area contributed by atoms with Crippen molar-refractivity contribution in [1.29, 1.82) is 0 Å². The number of amides is 3. The van der Waals surface area contributed by atoms with Crippen molar-refractivity contribution in [1.82, 2.24) is 9.80 Å². The number of hydrogen-bond acceptors (Lipinski definition) is 9. The molecule has 11 heteroatoms. The van der Waals surface area contributed by atoms with Crippen LogP contribution >= 0.6 is 0 Å². The molecule has 3 aliphatic rings. The van der Waals surface area contributed by atoms with E-state index in [0.717, 1.165) is 51.4 Å². The third-order valence-corrected chi connectivity index (χ3v) is 8.95. The van der Waals surface area contributed by atoms with Crippen LogP contribution in [0.1, 0.15) is 105 Å². The number of carbonyl (C=O) groups excluding carboxylic acids is 3. The Labute approximate surface area is 264 Å². The number of piperidine rings is 1. The van der Waals surface area contributed by atoms with Gasteiger partial charge in [0.1, 0.15) is 31.0 Å². The van der Waals surface area contributed by atoms with Gasteiger partial charge in [0, 0.05) is 52.5 Å². The Morgan fingerprint density at radius 3 is 1.82 bits per heavy atom. The average molecular weight is 627 g/mol. The highest BCUT2D eigenvalue weighted by atomic mass is 16.7. The van der Waals surface area contributed by atoms with Crippen LogP contribution in [0, 0.1) is 5.41 Å². The van der Waals surface area contributed by atoms with Crippen molar-refractivity contribution in [3.05, 3.63) is 0 Å². The number of hydrogen-bond donors (Lipinski definition) is 0. The fourth-order valence-corrected chi connectivity index (χ4v) is 6.08. The summed E-state index contributed by atoms with van der Waals surface area (Å²) in [5.41, 5.74) is -0.701. The second-order valence-corrected chi connectivity index (χ2v) is 12.3. The van der Waals surface area contributed by atoms with Crippen molar-refractivity contribution in [3.8, 4) is 0 Å². The van der Waals surface area contributed by atoms with Crippen LogP contribution in [0.4, 0.5) is 4.79 Å². The van der Waals surface area contributed by atoms with E-state index in [1.807, 2.05) is 6.92 Å². The van der Waals surface area contributed by atoms with Gasteiger partial charge in [-0.25, -0.2) is 4.79 Å². The first-order valence-corrected chi connectivity index (χ1v) is 17.2. The maximum atomic E-state index is 13.3. The molecule has 11 nitrogen and oxygen atoms in total. The van der Waals surface area contributed by atoms with Crippen molar-refractivity contribution in [3.63, 3.8) is 0 Å². The van der Waals surface area contributed by atoms with Crippen molar-refractivity contribution in [2.45, 2.75) is 136 Å². The number of nitrogens with zero attached hydrogens (tertiary/aromatic N) is 2. The first-order chi connectivity index (χ1) is 21.3. The fraction of sp³-hybridized carbons (Fsp3) is 0.909. The van der Waals surface area contributed by atoms with Gasteiger partial charge in [-0.05, 0) is 45.4 Å². The monoisotopic (exact) mass is 626 g/mol. The van der Waals surface area contributed by atoms with Gasteiger partial charge in [-0.2, -0.15) is 0 Å². The highest BCUT2D eigenvalue weighted by molar-refractivity contribution is 6.06. The van der Waals surface area contributed by atoms with E-state index >= 15 is 0 Å². The van der Waals surface area contributed by atoms with Crippen LogP contribution in [0.15, 0.2) is 0 Å². The largest absolute Gasteiger partial charge is 0.447 e. The summed E-state index contributed by atoms with van der Waals surface area (Å²) in [5.74, 6) is -0.236. The minimum absolute atomic E-state index is 0.0265. The number of rotatable bonds is 19. The summed E-state index contributed by atoms with van der Waals surface area (Å²) in [6, 6.07) is 0. The summed E-state index contributed by atoms with van der Waals surface area (Å²) < 4.78 is 37.8. The minimum Gasteiger partial charge on any atom is -0.447 e. The van der Waals surface area contributed by atoms with E-state index in [1.165, 1.54) is 4.90 Å². The molecular formula is C33H58N2O9. The fourth-order valence-electron chi connectivity index (χ4n) is 6.08. The topological polar surface area (TPSA) is 113 Å². The van der Waals surface area contributed by atoms with Gasteiger partial charge in [0.15, 0.2) is 6.29 Å². The molecule has 3 saturated heterocycles. The molecule has 0 aromatic heterocycles. The van der Waals surface area contributed by atoms with Gasteiger partial charge >= 0.3 is 6.09 Å². The number of carbonyl (C=O) groups is 3. The lowest BCUT2D eigenvalue weighted by molar-refractivity contribution is -0.322. The van der Waals surface area contributed by atoms with Gasteiger partial charge < -0.3 is 33.3 Å². The summed E-state index contributed by atoms with van der Waals surface area (Å²) in [6.07, 6.45) is 5.50. The smallest absolute Gasteiger partial charge is 0.409 e. The average Bonchev–Trinajstić information content (AvgIpc) is 3.25. The Morgan fingerprint density at radius 2 is 1.30 bits per heavy atom. The molecule has 3 aliphatic heterocycles. The standard InChI is InChI=1S/C33H58N2O9/c1-6-11-19-39-27-25(24-43-32(38)34-17-15-33(16-18-34)23-26(36)35(10-5)31(33)37)44-30(42-22-14-9-4)29(41-21-13-8-3)28(27)40-20-12-7-2/h25,27-30H,6-24H2,1-5H3/t25?,27-,28?,29+,30-/m1/s1. The van der Waals surface area contributed by atoms with E-state index in [4.69, 9.17) is 28.4 Å². The number of unbranched alkanes of at least 4 members (excludes halogenated alkanes) is 4. The van der Waals surface area contributed by atoms with Gasteiger partial charge in [0.2, 0.25) is 11.8 Å². The molecule has 3 rings (SSSR count). The Morgan fingerprint density at radius 1 is 0.773 bits per heavy atom. The third kappa shape index (κ3) is 9.61. The SMILES string of the molecule is CCCCOC1[C@H](OCCCC)C(COC(=O)N2CCC3(CC2)CC(=O)N(CC)C3=O)O[C@@H](OCCCC)[C@H]1OCCCC. The van der Waals surface area contributed by atoms with Gasteiger partial charge in [0.05, 0.1) is 5.41 Å². The zero-order valence-corrected chi connectivity index (χ0v) is 27.9. The summed E-state index contributed by atoms with van der Waals surface area (Å²) in [7, 11) is 0. The normalized spacial score (nSPS) is 27.0. The molecule has 0 N–H and O–H groups in total. The van der Waals surface area contributed by atoms with Gasteiger partial charge in [-0.3, -0.25) is 14.5 Å². The molecule has 2 unspecified atom stereocenters. The third-order valence-electron chi connectivity index (χ3n) is 8.95. The second kappa shape index (κ2) is 19.0. The maximum Gasteiger partial charge on any atom is 0.409 e. The van der Waals surface area contributed by atoms with Crippen molar-refractivity contribution in [2.24, 2.45) is 5.41 Å². The molecule has 0 aliphatic carbocycles. The molecule has 1 spiro atoms. The molecule has 0 saturated carbocycles. The van der Waals surface area contributed by atoms with Crippen molar-refractivity contribution >= 4 is 17.9 Å². The van der Waals surface area contributed by atoms with E-state index in [1.54, 1.807) is 4.90 Å². The first kappa shape index (κ1) is 36.7. The predicted molar refractivity (Wildman–Crippen MR) is 165 cm³/mol. The van der Waals surface area contributed by atoms with Crippen LogP contribution in [0.2, 0.25) is 0 Å². The van der Waals surface area contributed by atoms with E-state index in [0.29, 0.717) is 58.9 Å². The Balaban J connectivity index is 1.71. The second-order valence-electron chi connectivity index (χ2n) is 12.3. The first-order valence-electron chi connectivity index (χ1n) is 17.2.